The third-order valence-electron chi connectivity index (χ3n) is 15.5. The summed E-state index contributed by atoms with van der Waals surface area (Å²) in [5.41, 5.74) is 12.6. The molecule has 5 aliphatic rings. The van der Waals surface area contributed by atoms with Gasteiger partial charge in [-0.1, -0.05) is 110 Å². The minimum absolute atomic E-state index is 0.262. The summed E-state index contributed by atoms with van der Waals surface area (Å²) in [5.74, 6) is 5.58. The number of hydrogen-bond acceptors (Lipinski definition) is 0. The normalized spacial score (nSPS) is 30.8. The molecule has 0 saturated carbocycles. The van der Waals surface area contributed by atoms with Gasteiger partial charge in [0.1, 0.15) is 0 Å². The molecular weight excluding hydrogens is 649 g/mol. The summed E-state index contributed by atoms with van der Waals surface area (Å²) in [6, 6.07) is 0. The van der Waals surface area contributed by atoms with Crippen LogP contribution >= 0.6 is 0 Å². The van der Waals surface area contributed by atoms with Crippen molar-refractivity contribution in [3.63, 3.8) is 0 Å². The molecule has 54 heavy (non-hydrogen) atoms. The maximum absolute atomic E-state index is 3.33. The van der Waals surface area contributed by atoms with Gasteiger partial charge in [-0.2, -0.15) is 0 Å². The fourth-order valence-corrected chi connectivity index (χ4v) is 11.9. The Morgan fingerprint density at radius 1 is 0.833 bits per heavy atom. The third kappa shape index (κ3) is 12.7. The minimum atomic E-state index is 0.262. The summed E-state index contributed by atoms with van der Waals surface area (Å²) in [7, 11) is 0. The molecule has 0 heterocycles. The van der Waals surface area contributed by atoms with E-state index in [0.29, 0.717) is 0 Å². The van der Waals surface area contributed by atoms with Crippen LogP contribution < -0.4 is 0 Å². The molecule has 0 heteroatoms. The molecule has 5 rings (SSSR count). The first-order valence-corrected chi connectivity index (χ1v) is 23.7. The molecule has 5 aliphatic carbocycles. The van der Waals surface area contributed by atoms with E-state index >= 15 is 0 Å². The zero-order valence-electron chi connectivity index (χ0n) is 36.4. The molecule has 0 aromatic rings. The van der Waals surface area contributed by atoms with E-state index in [1.165, 1.54) is 161 Å². The first-order valence-electron chi connectivity index (χ1n) is 23.7. The second kappa shape index (κ2) is 22.6. The zero-order valence-corrected chi connectivity index (χ0v) is 36.4. The molecule has 8 unspecified atom stereocenters. The van der Waals surface area contributed by atoms with E-state index in [1.807, 2.05) is 11.1 Å². The van der Waals surface area contributed by atoms with Gasteiger partial charge in [0.05, 0.1) is 0 Å². The van der Waals surface area contributed by atoms with E-state index in [9.17, 15) is 0 Å². The second-order valence-electron chi connectivity index (χ2n) is 19.3. The van der Waals surface area contributed by atoms with Gasteiger partial charge < -0.3 is 0 Å². The van der Waals surface area contributed by atoms with Gasteiger partial charge in [-0.25, -0.2) is 0 Å². The summed E-state index contributed by atoms with van der Waals surface area (Å²) in [6.45, 7) is 14.3. The lowest BCUT2D eigenvalue weighted by atomic mass is 9.67. The van der Waals surface area contributed by atoms with E-state index in [2.05, 4.69) is 102 Å². The lowest BCUT2D eigenvalue weighted by Gasteiger charge is -2.38. The molecule has 8 atom stereocenters. The van der Waals surface area contributed by atoms with Crippen LogP contribution in [0.5, 0.6) is 0 Å². The average molecular weight is 733 g/mol. The van der Waals surface area contributed by atoms with Crippen LogP contribution in [0.2, 0.25) is 0 Å². The molecule has 0 N–H and O–H groups in total. The summed E-state index contributed by atoms with van der Waals surface area (Å²) in [5, 5.41) is 0. The number of fused-ring (bicyclic) bond motifs is 2. The van der Waals surface area contributed by atoms with Crippen molar-refractivity contribution >= 4 is 0 Å². The topological polar surface area (TPSA) is 0 Å². The van der Waals surface area contributed by atoms with Gasteiger partial charge in [-0.05, 0) is 216 Å². The van der Waals surface area contributed by atoms with E-state index in [0.717, 1.165) is 41.4 Å². The maximum atomic E-state index is 3.33. The number of allylic oxidation sites excluding steroid dienone is 13. The van der Waals surface area contributed by atoms with Crippen LogP contribution in [0.15, 0.2) is 88.3 Å². The average Bonchev–Trinajstić information content (AvgIpc) is 3.56. The largest absolute Gasteiger partial charge is 0.130 e. The molecule has 300 valence electrons. The monoisotopic (exact) mass is 733 g/mol. The number of hydrogen-bond donors (Lipinski definition) is 0. The highest BCUT2D eigenvalue weighted by molar-refractivity contribution is 5.35. The Kier molecular flexibility index (Phi) is 18.1. The Hall–Kier alpha value is -2.04. The van der Waals surface area contributed by atoms with E-state index in [1.54, 1.807) is 16.7 Å². The summed E-state index contributed by atoms with van der Waals surface area (Å²) >= 11 is 0. The van der Waals surface area contributed by atoms with Gasteiger partial charge in [-0.15, -0.1) is 5.73 Å². The second-order valence-corrected chi connectivity index (χ2v) is 19.3. The van der Waals surface area contributed by atoms with Crippen molar-refractivity contribution in [2.24, 2.45) is 46.8 Å². The molecule has 0 radical (unpaired) electrons. The Bertz CT molecular complexity index is 1400. The molecule has 0 fully saturated rings. The quantitative estimate of drug-likeness (QED) is 0.0842. The molecule has 0 amide bonds. The van der Waals surface area contributed by atoms with Crippen LogP contribution in [0.1, 0.15) is 202 Å². The molecule has 2 bridgehead atoms. The van der Waals surface area contributed by atoms with E-state index in [-0.39, 0.29) is 5.41 Å². The minimum Gasteiger partial charge on any atom is -0.130 e. The third-order valence-corrected chi connectivity index (χ3v) is 15.5. The summed E-state index contributed by atoms with van der Waals surface area (Å²) in [6.07, 6.45) is 56.5. The molecule has 0 saturated heterocycles. The molecule has 0 aromatic heterocycles. The number of unbranched alkanes of at least 4 members (excludes halogenated alkanes) is 3. The van der Waals surface area contributed by atoms with Crippen molar-refractivity contribution in [1.82, 2.24) is 0 Å². The predicted molar refractivity (Wildman–Crippen MR) is 239 cm³/mol. The molecule has 0 aromatic carbocycles. The Labute approximate surface area is 336 Å². The van der Waals surface area contributed by atoms with Crippen molar-refractivity contribution in [3.8, 4) is 0 Å². The van der Waals surface area contributed by atoms with Gasteiger partial charge in [-0.3, -0.25) is 0 Å². The summed E-state index contributed by atoms with van der Waals surface area (Å²) < 4.78 is 0. The Balaban J connectivity index is 1.22. The Morgan fingerprint density at radius 3 is 2.50 bits per heavy atom. The van der Waals surface area contributed by atoms with E-state index < -0.39 is 0 Å². The molecule has 0 nitrogen and oxygen atoms in total. The van der Waals surface area contributed by atoms with Gasteiger partial charge in [0.25, 0.3) is 0 Å². The van der Waals surface area contributed by atoms with Crippen molar-refractivity contribution in [3.05, 3.63) is 88.3 Å². The van der Waals surface area contributed by atoms with Crippen molar-refractivity contribution in [1.29, 1.82) is 0 Å². The fourth-order valence-electron chi connectivity index (χ4n) is 11.9. The van der Waals surface area contributed by atoms with Gasteiger partial charge in [0.2, 0.25) is 0 Å². The fraction of sp³-hybridized carbons (Fsp3) is 0.722. The Morgan fingerprint density at radius 2 is 1.69 bits per heavy atom. The zero-order chi connectivity index (χ0) is 38.2. The van der Waals surface area contributed by atoms with Crippen LogP contribution in [0.25, 0.3) is 0 Å². The SMILES string of the molecule is CC=C=CCCCCC(CC1CCC=C(C2CC=CCC(CCCCC(C)C=CC)CC2)CC1)C1=CC2CC(CC1)C(C)=C(C)C(C)(C1=CCCCC1)C2. The smallest absolute Gasteiger partial charge is 0.00977 e. The lowest BCUT2D eigenvalue weighted by Crippen LogP contribution is -2.25. The van der Waals surface area contributed by atoms with Crippen LogP contribution in [0, 0.1) is 46.8 Å². The highest BCUT2D eigenvalue weighted by Crippen LogP contribution is 2.53. The standard InChI is InChI=1S/C54H84/c1-7-9-10-11-12-14-28-51(52-37-36-50-39-47(40-52)41-54(6,44(5)43(50)4)53-30-15-13-16-31-53)38-46-26-21-29-49(35-33-46)48-27-20-19-25-45(32-34-48)24-18-17-23-42(3)22-8-2/h7-8,10,19-20,22,29-30,40,42,45-48,50-51H,11-18,21,23-28,31-39,41H2,1-6H3. The first kappa shape index (κ1) is 43.1. The van der Waals surface area contributed by atoms with Crippen LogP contribution in [-0.2, 0) is 0 Å². The predicted octanol–water partition coefficient (Wildman–Crippen LogP) is 17.1. The van der Waals surface area contributed by atoms with E-state index in [4.69, 9.17) is 0 Å². The molecular formula is C54H84. The highest BCUT2D eigenvalue weighted by atomic mass is 14.4. The molecule has 0 spiro atoms. The summed E-state index contributed by atoms with van der Waals surface area (Å²) in [4.78, 5) is 0. The van der Waals surface area contributed by atoms with Crippen LogP contribution in [0.3, 0.4) is 0 Å². The number of rotatable bonds is 16. The van der Waals surface area contributed by atoms with Crippen LogP contribution in [0.4, 0.5) is 0 Å². The highest BCUT2D eigenvalue weighted by Gasteiger charge is 2.40. The van der Waals surface area contributed by atoms with Crippen molar-refractivity contribution in [2.75, 3.05) is 0 Å². The maximum Gasteiger partial charge on any atom is 0.00977 e. The van der Waals surface area contributed by atoms with Crippen molar-refractivity contribution < 1.29 is 0 Å². The molecule has 0 aliphatic heterocycles. The van der Waals surface area contributed by atoms with Crippen molar-refractivity contribution in [2.45, 2.75) is 202 Å². The van der Waals surface area contributed by atoms with Gasteiger partial charge in [0.15, 0.2) is 0 Å². The first-order chi connectivity index (χ1) is 26.3. The van der Waals surface area contributed by atoms with Crippen LogP contribution in [-0.4, -0.2) is 0 Å². The lowest BCUT2D eigenvalue weighted by molar-refractivity contribution is 0.335. The van der Waals surface area contributed by atoms with Gasteiger partial charge in [0, 0.05) is 5.41 Å². The van der Waals surface area contributed by atoms with Gasteiger partial charge >= 0.3 is 0 Å².